The molecule has 1 fully saturated rings. The second-order valence-corrected chi connectivity index (χ2v) is 5.79. The van der Waals surface area contributed by atoms with Crippen LogP contribution in [0.3, 0.4) is 0 Å². The zero-order valence-corrected chi connectivity index (χ0v) is 11.9. The van der Waals surface area contributed by atoms with Crippen LogP contribution in [0.15, 0.2) is 30.4 Å². The number of carboxylic acids is 1. The number of rotatable bonds is 4. The van der Waals surface area contributed by atoms with E-state index in [-0.39, 0.29) is 23.2 Å². The molecule has 2 aliphatic rings. The lowest BCUT2D eigenvalue weighted by molar-refractivity contribution is -0.384. The summed E-state index contributed by atoms with van der Waals surface area (Å²) in [7, 11) is 0. The van der Waals surface area contributed by atoms with Crippen LogP contribution >= 0.6 is 0 Å². The maximum atomic E-state index is 12.4. The minimum atomic E-state index is -1.02. The maximum Gasteiger partial charge on any atom is 0.307 e. The van der Waals surface area contributed by atoms with Crippen molar-refractivity contribution in [3.63, 3.8) is 0 Å². The lowest BCUT2D eigenvalue weighted by Crippen LogP contribution is -2.36. The first-order chi connectivity index (χ1) is 10.9. The number of phenolic OH excluding ortho intramolecular Hbond substituents is 1. The van der Waals surface area contributed by atoms with Crippen molar-refractivity contribution in [3.8, 4) is 5.75 Å². The average Bonchev–Trinajstić information content (AvgIpc) is 3.09. The molecule has 8 nitrogen and oxygen atoms in total. The van der Waals surface area contributed by atoms with Crippen molar-refractivity contribution in [2.45, 2.75) is 6.42 Å². The molecule has 3 N–H and O–H groups in total. The molecule has 0 unspecified atom stereocenters. The van der Waals surface area contributed by atoms with E-state index in [0.717, 1.165) is 12.1 Å². The summed E-state index contributed by atoms with van der Waals surface area (Å²) in [5.74, 6) is -3.74. The smallest absolute Gasteiger partial charge is 0.307 e. The van der Waals surface area contributed by atoms with Crippen LogP contribution in [0.4, 0.5) is 11.4 Å². The zero-order valence-electron chi connectivity index (χ0n) is 11.9. The number of allylic oxidation sites excluding steroid dienone is 2. The first-order valence-corrected chi connectivity index (χ1v) is 7.08. The number of aliphatic carboxylic acids is 1. The Balaban J connectivity index is 1.81. The van der Waals surface area contributed by atoms with Crippen LogP contribution in [0.1, 0.15) is 6.42 Å². The fourth-order valence-electron chi connectivity index (χ4n) is 3.47. The van der Waals surface area contributed by atoms with E-state index in [1.165, 1.54) is 6.07 Å². The SMILES string of the molecule is O=C(O)[C@H]1[C@H](C(=O)Nc2ccc([N+](=O)[O-])cc2O)[C@H]2C=C[C@@H]1C2. The number of nitro groups is 1. The van der Waals surface area contributed by atoms with Crippen LogP contribution in [-0.4, -0.2) is 27.0 Å². The summed E-state index contributed by atoms with van der Waals surface area (Å²) in [6.07, 6.45) is 4.31. The van der Waals surface area contributed by atoms with Gasteiger partial charge in [0.2, 0.25) is 5.91 Å². The van der Waals surface area contributed by atoms with E-state index in [9.17, 15) is 29.9 Å². The van der Waals surface area contributed by atoms with Crippen molar-refractivity contribution in [1.29, 1.82) is 0 Å². The Bertz CT molecular complexity index is 729. The van der Waals surface area contributed by atoms with Crippen LogP contribution in [0, 0.1) is 33.8 Å². The number of non-ortho nitro benzene ring substituents is 1. The van der Waals surface area contributed by atoms with Crippen LogP contribution in [0.25, 0.3) is 0 Å². The molecule has 1 aromatic carbocycles. The number of nitro benzene ring substituents is 1. The van der Waals surface area contributed by atoms with Crippen LogP contribution in [0.5, 0.6) is 5.75 Å². The van der Waals surface area contributed by atoms with Crippen LogP contribution < -0.4 is 5.32 Å². The minimum absolute atomic E-state index is 0.0245. The van der Waals surface area contributed by atoms with E-state index >= 15 is 0 Å². The fourth-order valence-corrected chi connectivity index (χ4v) is 3.47. The molecule has 0 saturated heterocycles. The summed E-state index contributed by atoms with van der Waals surface area (Å²) in [5.41, 5.74) is -0.275. The van der Waals surface area contributed by atoms with Gasteiger partial charge in [0.1, 0.15) is 5.75 Å². The number of amides is 1. The quantitative estimate of drug-likeness (QED) is 0.336. The second kappa shape index (κ2) is 5.38. The monoisotopic (exact) mass is 318 g/mol. The van der Waals surface area contributed by atoms with Gasteiger partial charge in [-0.2, -0.15) is 0 Å². The Morgan fingerprint density at radius 2 is 1.87 bits per heavy atom. The third kappa shape index (κ3) is 2.52. The van der Waals surface area contributed by atoms with E-state index in [1.54, 1.807) is 0 Å². The number of hydrogen-bond donors (Lipinski definition) is 3. The number of nitrogens with one attached hydrogen (secondary N) is 1. The number of benzene rings is 1. The predicted molar refractivity (Wildman–Crippen MR) is 78.7 cm³/mol. The third-order valence-corrected chi connectivity index (χ3v) is 4.50. The van der Waals surface area contributed by atoms with Crippen molar-refractivity contribution in [1.82, 2.24) is 0 Å². The topological polar surface area (TPSA) is 130 Å². The predicted octanol–water partition coefficient (Wildman–Crippen LogP) is 1.76. The summed E-state index contributed by atoms with van der Waals surface area (Å²) in [5, 5.41) is 32.2. The van der Waals surface area contributed by atoms with Gasteiger partial charge < -0.3 is 15.5 Å². The number of nitrogens with zero attached hydrogens (tertiary/aromatic N) is 1. The lowest BCUT2D eigenvalue weighted by Gasteiger charge is -2.24. The van der Waals surface area contributed by atoms with E-state index in [1.807, 2.05) is 12.2 Å². The van der Waals surface area contributed by atoms with Gasteiger partial charge in [0, 0.05) is 6.07 Å². The molecule has 2 bridgehead atoms. The number of carbonyl (C=O) groups is 2. The molecule has 1 saturated carbocycles. The number of hydrogen-bond acceptors (Lipinski definition) is 5. The normalized spacial score (nSPS) is 27.8. The van der Waals surface area contributed by atoms with Gasteiger partial charge in [-0.3, -0.25) is 19.7 Å². The second-order valence-electron chi connectivity index (χ2n) is 5.79. The molecular weight excluding hydrogens is 304 g/mol. The van der Waals surface area contributed by atoms with E-state index < -0.39 is 34.4 Å². The standard InChI is InChI=1S/C15H14N2O6/c18-11-6-9(17(22)23)3-4-10(11)16-14(19)12-7-1-2-8(5-7)13(12)15(20)21/h1-4,6-8,12-13,18H,5H2,(H,16,19)(H,20,21)/t7-,8+,12+,13+/m0/s1. The Hall–Kier alpha value is -2.90. The summed E-state index contributed by atoms with van der Waals surface area (Å²) in [4.78, 5) is 33.8. The summed E-state index contributed by atoms with van der Waals surface area (Å²) < 4.78 is 0. The van der Waals surface area contributed by atoms with Gasteiger partial charge >= 0.3 is 5.97 Å². The summed E-state index contributed by atoms with van der Waals surface area (Å²) in [6, 6.07) is 3.32. The van der Waals surface area contributed by atoms with E-state index in [2.05, 4.69) is 5.32 Å². The van der Waals surface area contributed by atoms with Gasteiger partial charge in [0.15, 0.2) is 0 Å². The summed E-state index contributed by atoms with van der Waals surface area (Å²) >= 11 is 0. The highest BCUT2D eigenvalue weighted by atomic mass is 16.6. The largest absolute Gasteiger partial charge is 0.506 e. The van der Waals surface area contributed by atoms with Crippen molar-refractivity contribution in [2.24, 2.45) is 23.7 Å². The average molecular weight is 318 g/mol. The molecule has 120 valence electrons. The van der Waals surface area contributed by atoms with Crippen molar-refractivity contribution < 1.29 is 24.7 Å². The molecule has 3 rings (SSSR count). The van der Waals surface area contributed by atoms with Gasteiger partial charge in [-0.1, -0.05) is 12.2 Å². The zero-order chi connectivity index (χ0) is 16.7. The van der Waals surface area contributed by atoms with Gasteiger partial charge in [0.25, 0.3) is 5.69 Å². The van der Waals surface area contributed by atoms with E-state index in [0.29, 0.717) is 6.42 Å². The highest BCUT2D eigenvalue weighted by molar-refractivity contribution is 5.97. The molecule has 0 aromatic heterocycles. The number of phenols is 1. The number of carboxylic acid groups (broad SMARTS) is 1. The van der Waals surface area contributed by atoms with Gasteiger partial charge in [0.05, 0.1) is 28.5 Å². The molecule has 1 amide bonds. The number of carbonyl (C=O) groups excluding carboxylic acids is 1. The number of fused-ring (bicyclic) bond motifs is 2. The number of anilines is 1. The molecule has 4 atom stereocenters. The van der Waals surface area contributed by atoms with Crippen molar-refractivity contribution in [2.75, 3.05) is 5.32 Å². The Morgan fingerprint density at radius 1 is 1.22 bits per heavy atom. The summed E-state index contributed by atoms with van der Waals surface area (Å²) in [6.45, 7) is 0. The molecule has 2 aliphatic carbocycles. The highest BCUT2D eigenvalue weighted by Gasteiger charge is 2.51. The molecular formula is C15H14N2O6. The molecule has 23 heavy (non-hydrogen) atoms. The highest BCUT2D eigenvalue weighted by Crippen LogP contribution is 2.48. The van der Waals surface area contributed by atoms with Crippen molar-refractivity contribution in [3.05, 3.63) is 40.5 Å². The lowest BCUT2D eigenvalue weighted by atomic mass is 9.82. The molecule has 8 heteroatoms. The Labute approximate surface area is 130 Å². The fraction of sp³-hybridized carbons (Fsp3) is 0.333. The minimum Gasteiger partial charge on any atom is -0.506 e. The maximum absolute atomic E-state index is 12.4. The third-order valence-electron chi connectivity index (χ3n) is 4.50. The van der Waals surface area contributed by atoms with Crippen LogP contribution in [0.2, 0.25) is 0 Å². The van der Waals surface area contributed by atoms with E-state index in [4.69, 9.17) is 0 Å². The first-order valence-electron chi connectivity index (χ1n) is 7.08. The van der Waals surface area contributed by atoms with Crippen LogP contribution in [-0.2, 0) is 9.59 Å². The Morgan fingerprint density at radius 3 is 2.43 bits per heavy atom. The van der Waals surface area contributed by atoms with Crippen molar-refractivity contribution >= 4 is 23.3 Å². The van der Waals surface area contributed by atoms with Gasteiger partial charge in [-0.15, -0.1) is 0 Å². The number of aromatic hydroxyl groups is 1. The molecule has 0 spiro atoms. The Kier molecular flexibility index (Phi) is 3.51. The molecule has 0 radical (unpaired) electrons. The molecule has 0 heterocycles. The van der Waals surface area contributed by atoms with Gasteiger partial charge in [-0.05, 0) is 24.3 Å². The first kappa shape index (κ1) is 15.0. The molecule has 0 aliphatic heterocycles. The molecule has 1 aromatic rings. The van der Waals surface area contributed by atoms with Gasteiger partial charge in [-0.25, -0.2) is 0 Å².